The summed E-state index contributed by atoms with van der Waals surface area (Å²) in [4.78, 5) is 16.8. The molecule has 1 atom stereocenters. The van der Waals surface area contributed by atoms with Crippen molar-refractivity contribution in [1.82, 2.24) is 10.2 Å². The van der Waals surface area contributed by atoms with Gasteiger partial charge in [0.15, 0.2) is 0 Å². The molecule has 4 nitrogen and oxygen atoms in total. The molecule has 5 heteroatoms. The monoisotopic (exact) mass is 401 g/mol. The van der Waals surface area contributed by atoms with Gasteiger partial charge in [-0.15, -0.1) is 0 Å². The molecule has 0 bridgehead atoms. The van der Waals surface area contributed by atoms with E-state index in [0.717, 1.165) is 36.2 Å². The molecule has 0 aliphatic carbocycles. The van der Waals surface area contributed by atoms with Gasteiger partial charge in [0.05, 0.1) is 6.04 Å². The van der Waals surface area contributed by atoms with Crippen molar-refractivity contribution >= 4 is 27.6 Å². The summed E-state index contributed by atoms with van der Waals surface area (Å²) < 4.78 is 1.02. The van der Waals surface area contributed by atoms with E-state index in [1.165, 1.54) is 11.3 Å². The van der Waals surface area contributed by atoms with Crippen LogP contribution >= 0.6 is 15.9 Å². The van der Waals surface area contributed by atoms with Crippen LogP contribution in [-0.4, -0.2) is 37.1 Å². The maximum absolute atomic E-state index is 12.6. The molecule has 1 saturated heterocycles. The highest BCUT2D eigenvalue weighted by Gasteiger charge is 2.23. The van der Waals surface area contributed by atoms with Crippen LogP contribution in [0.1, 0.15) is 24.1 Å². The molecule has 0 spiro atoms. The van der Waals surface area contributed by atoms with Crippen LogP contribution in [0.3, 0.4) is 0 Å². The highest BCUT2D eigenvalue weighted by atomic mass is 79.9. The third kappa shape index (κ3) is 4.34. The Morgan fingerprint density at radius 2 is 1.80 bits per heavy atom. The van der Waals surface area contributed by atoms with E-state index in [9.17, 15) is 4.79 Å². The van der Waals surface area contributed by atoms with Crippen molar-refractivity contribution < 1.29 is 4.79 Å². The number of nitrogens with one attached hydrogen (secondary N) is 1. The minimum Gasteiger partial charge on any atom is -0.368 e. The van der Waals surface area contributed by atoms with Crippen molar-refractivity contribution in [1.29, 1.82) is 0 Å². The molecule has 1 fully saturated rings. The number of halogens is 1. The number of hydrogen-bond acceptors (Lipinski definition) is 2. The van der Waals surface area contributed by atoms with Crippen molar-refractivity contribution in [2.24, 2.45) is 0 Å². The molecule has 2 aromatic carbocycles. The number of urea groups is 1. The van der Waals surface area contributed by atoms with Gasteiger partial charge in [0, 0.05) is 36.3 Å². The van der Waals surface area contributed by atoms with Crippen LogP contribution in [0.5, 0.6) is 0 Å². The Morgan fingerprint density at radius 1 is 1.08 bits per heavy atom. The van der Waals surface area contributed by atoms with Crippen LogP contribution in [0.25, 0.3) is 0 Å². The summed E-state index contributed by atoms with van der Waals surface area (Å²) in [5.74, 6) is 0. The lowest BCUT2D eigenvalue weighted by atomic mass is 10.1. The van der Waals surface area contributed by atoms with Gasteiger partial charge in [0.1, 0.15) is 0 Å². The Hall–Kier alpha value is -2.01. The molecule has 0 aromatic heterocycles. The van der Waals surface area contributed by atoms with Gasteiger partial charge >= 0.3 is 6.03 Å². The summed E-state index contributed by atoms with van der Waals surface area (Å²) in [6, 6.07) is 16.5. The van der Waals surface area contributed by atoms with Gasteiger partial charge in [0.2, 0.25) is 0 Å². The van der Waals surface area contributed by atoms with E-state index < -0.39 is 0 Å². The zero-order chi connectivity index (χ0) is 17.8. The largest absolute Gasteiger partial charge is 0.368 e. The number of carbonyl (C=O) groups is 1. The van der Waals surface area contributed by atoms with E-state index in [-0.39, 0.29) is 12.1 Å². The lowest BCUT2D eigenvalue weighted by Gasteiger charge is -2.36. The van der Waals surface area contributed by atoms with Crippen molar-refractivity contribution in [2.75, 3.05) is 31.1 Å². The lowest BCUT2D eigenvalue weighted by molar-refractivity contribution is 0.191. The second-order valence-corrected chi connectivity index (χ2v) is 7.36. The van der Waals surface area contributed by atoms with E-state index >= 15 is 0 Å². The maximum Gasteiger partial charge on any atom is 0.317 e. The van der Waals surface area contributed by atoms with Gasteiger partial charge in [-0.3, -0.25) is 0 Å². The Balaban J connectivity index is 1.56. The summed E-state index contributed by atoms with van der Waals surface area (Å²) in [5, 5.41) is 3.11. The molecular weight excluding hydrogens is 378 g/mol. The van der Waals surface area contributed by atoms with Crippen LogP contribution in [0.15, 0.2) is 53.0 Å². The average molecular weight is 402 g/mol. The van der Waals surface area contributed by atoms with Gasteiger partial charge in [-0.2, -0.15) is 0 Å². The molecule has 0 radical (unpaired) electrons. The van der Waals surface area contributed by atoms with Crippen molar-refractivity contribution in [3.8, 4) is 0 Å². The summed E-state index contributed by atoms with van der Waals surface area (Å²) in [6.07, 6.45) is 0. The number of hydrogen-bond donors (Lipinski definition) is 1. The molecular formula is C20H24BrN3O. The number of nitrogens with zero attached hydrogens (tertiary/aromatic N) is 2. The molecule has 132 valence electrons. The number of amides is 2. The highest BCUT2D eigenvalue weighted by Crippen LogP contribution is 2.23. The Labute approximate surface area is 158 Å². The van der Waals surface area contributed by atoms with Crippen LogP contribution < -0.4 is 10.2 Å². The Bertz CT molecular complexity index is 741. The maximum atomic E-state index is 12.6. The molecule has 1 aliphatic heterocycles. The summed E-state index contributed by atoms with van der Waals surface area (Å²) >= 11 is 3.55. The van der Waals surface area contributed by atoms with Crippen LogP contribution in [-0.2, 0) is 0 Å². The fraction of sp³-hybridized carbons (Fsp3) is 0.350. The fourth-order valence-corrected chi connectivity index (χ4v) is 3.80. The quantitative estimate of drug-likeness (QED) is 0.829. The first-order valence-corrected chi connectivity index (χ1v) is 9.45. The van der Waals surface area contributed by atoms with Crippen LogP contribution in [0, 0.1) is 6.92 Å². The first-order chi connectivity index (χ1) is 12.0. The molecule has 1 N–H and O–H groups in total. The number of rotatable bonds is 3. The summed E-state index contributed by atoms with van der Waals surface area (Å²) in [6.45, 7) is 7.32. The van der Waals surface area contributed by atoms with E-state index in [1.54, 1.807) is 0 Å². The van der Waals surface area contributed by atoms with Crippen LogP contribution in [0.4, 0.5) is 10.5 Å². The Morgan fingerprint density at radius 3 is 2.48 bits per heavy atom. The van der Waals surface area contributed by atoms with Crippen molar-refractivity contribution in [3.05, 3.63) is 64.1 Å². The standard InChI is InChI=1S/C20H24BrN3O/c1-15-6-5-7-17(14-15)23-10-12-24(13-11-23)20(25)22-16(2)18-8-3-4-9-19(18)21/h3-9,14,16H,10-13H2,1-2H3,(H,22,25). The van der Waals surface area contributed by atoms with Gasteiger partial charge in [-0.25, -0.2) is 4.79 Å². The van der Waals surface area contributed by atoms with Gasteiger partial charge in [0.25, 0.3) is 0 Å². The van der Waals surface area contributed by atoms with Gasteiger partial charge in [-0.05, 0) is 43.2 Å². The average Bonchev–Trinajstić information content (AvgIpc) is 2.62. The second kappa shape index (κ2) is 7.91. The molecule has 1 aliphatic rings. The first-order valence-electron chi connectivity index (χ1n) is 8.66. The molecule has 0 saturated carbocycles. The SMILES string of the molecule is Cc1cccc(N2CCN(C(=O)NC(C)c3ccccc3Br)CC2)c1. The van der Waals surface area contributed by atoms with E-state index in [2.05, 4.69) is 57.3 Å². The van der Waals surface area contributed by atoms with Crippen LogP contribution in [0.2, 0.25) is 0 Å². The van der Waals surface area contributed by atoms with Crippen molar-refractivity contribution in [3.63, 3.8) is 0 Å². The summed E-state index contributed by atoms with van der Waals surface area (Å²) in [7, 11) is 0. The number of piperazine rings is 1. The van der Waals surface area contributed by atoms with Gasteiger partial charge in [-0.1, -0.05) is 46.3 Å². The number of benzene rings is 2. The molecule has 1 unspecified atom stereocenters. The minimum atomic E-state index is -0.0297. The first kappa shape index (κ1) is 17.8. The van der Waals surface area contributed by atoms with E-state index in [4.69, 9.17) is 0 Å². The highest BCUT2D eigenvalue weighted by molar-refractivity contribution is 9.10. The predicted octanol–water partition coefficient (Wildman–Crippen LogP) is 4.35. The normalized spacial score (nSPS) is 15.8. The second-order valence-electron chi connectivity index (χ2n) is 6.51. The molecule has 1 heterocycles. The number of carbonyl (C=O) groups excluding carboxylic acids is 1. The third-order valence-corrected chi connectivity index (χ3v) is 5.37. The Kier molecular flexibility index (Phi) is 5.63. The molecule has 25 heavy (non-hydrogen) atoms. The van der Waals surface area contributed by atoms with E-state index in [1.807, 2.05) is 36.1 Å². The summed E-state index contributed by atoms with van der Waals surface area (Å²) in [5.41, 5.74) is 3.59. The number of aryl methyl sites for hydroxylation is 1. The smallest absolute Gasteiger partial charge is 0.317 e. The molecule has 3 rings (SSSR count). The van der Waals surface area contributed by atoms with Gasteiger partial charge < -0.3 is 15.1 Å². The van der Waals surface area contributed by atoms with Crippen molar-refractivity contribution in [2.45, 2.75) is 19.9 Å². The molecule has 2 aromatic rings. The minimum absolute atomic E-state index is 0.00662. The van der Waals surface area contributed by atoms with E-state index in [0.29, 0.717) is 0 Å². The third-order valence-electron chi connectivity index (χ3n) is 4.65. The fourth-order valence-electron chi connectivity index (χ4n) is 3.17. The molecule has 2 amide bonds. The predicted molar refractivity (Wildman–Crippen MR) is 106 cm³/mol. The zero-order valence-corrected chi connectivity index (χ0v) is 16.3. The number of anilines is 1. The zero-order valence-electron chi connectivity index (χ0n) is 14.7. The topological polar surface area (TPSA) is 35.6 Å². The lowest BCUT2D eigenvalue weighted by Crippen LogP contribution is -2.52.